The Morgan fingerprint density at radius 3 is 2.61 bits per heavy atom. The number of ether oxygens (including phenoxy) is 1. The summed E-state index contributed by atoms with van der Waals surface area (Å²) in [5, 5.41) is 11.5. The zero-order chi connectivity index (χ0) is 13.4. The number of amides is 1. The lowest BCUT2D eigenvalue weighted by atomic mass is 10.1. The summed E-state index contributed by atoms with van der Waals surface area (Å²) in [6.45, 7) is 1.94. The van der Waals surface area contributed by atoms with Gasteiger partial charge in [-0.1, -0.05) is 37.3 Å². The van der Waals surface area contributed by atoms with Gasteiger partial charge >= 0.3 is 0 Å². The third-order valence-electron chi connectivity index (χ3n) is 2.75. The largest absolute Gasteiger partial charge is 0.367 e. The minimum atomic E-state index is -0.626. The van der Waals surface area contributed by atoms with Crippen LogP contribution in [0.1, 0.15) is 31.4 Å². The van der Waals surface area contributed by atoms with Crippen molar-refractivity contribution in [3.8, 4) is 6.07 Å². The number of hydrogen-bond acceptors (Lipinski definition) is 3. The average molecular weight is 246 g/mol. The van der Waals surface area contributed by atoms with E-state index in [9.17, 15) is 4.79 Å². The Hall–Kier alpha value is -1.86. The monoisotopic (exact) mass is 246 g/mol. The van der Waals surface area contributed by atoms with Gasteiger partial charge in [-0.25, -0.2) is 0 Å². The lowest BCUT2D eigenvalue weighted by Crippen LogP contribution is -2.38. The summed E-state index contributed by atoms with van der Waals surface area (Å²) in [6.07, 6.45) is 0.414. The Morgan fingerprint density at radius 1 is 1.44 bits per heavy atom. The van der Waals surface area contributed by atoms with Gasteiger partial charge < -0.3 is 10.1 Å². The Morgan fingerprint density at radius 2 is 2.11 bits per heavy atom. The molecule has 0 heterocycles. The molecule has 0 bridgehead atoms. The van der Waals surface area contributed by atoms with Crippen molar-refractivity contribution in [3.05, 3.63) is 35.9 Å². The third kappa shape index (κ3) is 3.86. The molecule has 0 radical (unpaired) electrons. The summed E-state index contributed by atoms with van der Waals surface area (Å²) in [5.74, 6) is -0.203. The summed E-state index contributed by atoms with van der Waals surface area (Å²) < 4.78 is 5.23. The van der Waals surface area contributed by atoms with Crippen LogP contribution in [-0.2, 0) is 9.53 Å². The summed E-state index contributed by atoms with van der Waals surface area (Å²) in [5.41, 5.74) is 0.810. The molecule has 1 rings (SSSR count). The van der Waals surface area contributed by atoms with Gasteiger partial charge in [-0.3, -0.25) is 4.79 Å². The lowest BCUT2D eigenvalue weighted by Gasteiger charge is -2.19. The van der Waals surface area contributed by atoms with Crippen LogP contribution in [-0.4, -0.2) is 19.1 Å². The zero-order valence-corrected chi connectivity index (χ0v) is 10.7. The number of hydrogen-bond donors (Lipinski definition) is 1. The van der Waals surface area contributed by atoms with E-state index in [1.54, 1.807) is 0 Å². The van der Waals surface area contributed by atoms with E-state index >= 15 is 0 Å². The Labute approximate surface area is 108 Å². The van der Waals surface area contributed by atoms with Crippen molar-refractivity contribution in [2.45, 2.75) is 31.9 Å². The Kier molecular flexibility index (Phi) is 5.89. The van der Waals surface area contributed by atoms with Crippen molar-refractivity contribution in [3.63, 3.8) is 0 Å². The maximum absolute atomic E-state index is 12.1. The maximum Gasteiger partial charge on any atom is 0.254 e. The third-order valence-corrected chi connectivity index (χ3v) is 2.75. The van der Waals surface area contributed by atoms with Crippen LogP contribution >= 0.6 is 0 Å². The van der Waals surface area contributed by atoms with Gasteiger partial charge in [0.25, 0.3) is 5.91 Å². The topological polar surface area (TPSA) is 62.1 Å². The number of carbonyl (C=O) groups is 1. The molecule has 1 N–H and O–H groups in total. The van der Waals surface area contributed by atoms with E-state index in [1.165, 1.54) is 7.11 Å². The molecule has 18 heavy (non-hydrogen) atoms. The second kappa shape index (κ2) is 7.46. The molecule has 4 heteroatoms. The van der Waals surface area contributed by atoms with E-state index in [4.69, 9.17) is 10.00 Å². The van der Waals surface area contributed by atoms with Crippen LogP contribution in [0.2, 0.25) is 0 Å². The van der Waals surface area contributed by atoms with Crippen molar-refractivity contribution in [2.75, 3.05) is 7.11 Å². The molecule has 0 aliphatic heterocycles. The number of nitrogens with one attached hydrogen (secondary N) is 1. The molecule has 96 valence electrons. The minimum Gasteiger partial charge on any atom is -0.367 e. The molecule has 1 amide bonds. The highest BCUT2D eigenvalue weighted by molar-refractivity contribution is 5.82. The summed E-state index contributed by atoms with van der Waals surface area (Å²) >= 11 is 0. The quantitative estimate of drug-likeness (QED) is 0.836. The molecule has 4 nitrogen and oxygen atoms in total. The molecular weight excluding hydrogens is 228 g/mol. The number of methoxy groups -OCH3 is 1. The second-order valence-corrected chi connectivity index (χ2v) is 4.00. The van der Waals surface area contributed by atoms with Gasteiger partial charge in [0.05, 0.1) is 12.5 Å². The van der Waals surface area contributed by atoms with Crippen LogP contribution in [0, 0.1) is 11.3 Å². The molecule has 0 fully saturated rings. The highest BCUT2D eigenvalue weighted by Gasteiger charge is 2.21. The summed E-state index contributed by atoms with van der Waals surface area (Å²) in [6, 6.07) is 11.2. The fraction of sp³-hybridized carbons (Fsp3) is 0.429. The van der Waals surface area contributed by atoms with Gasteiger partial charge in [0.15, 0.2) is 6.10 Å². The molecule has 0 saturated carbocycles. The first-order chi connectivity index (χ1) is 8.72. The van der Waals surface area contributed by atoms with E-state index in [0.29, 0.717) is 6.42 Å². The van der Waals surface area contributed by atoms with Crippen molar-refractivity contribution < 1.29 is 9.53 Å². The molecule has 0 aliphatic rings. The van der Waals surface area contributed by atoms with Gasteiger partial charge in [-0.15, -0.1) is 0 Å². The normalized spacial score (nSPS) is 13.4. The van der Waals surface area contributed by atoms with Crippen LogP contribution in [0.15, 0.2) is 30.3 Å². The predicted molar refractivity (Wildman–Crippen MR) is 68.6 cm³/mol. The molecule has 0 aliphatic carbocycles. The first-order valence-electron chi connectivity index (χ1n) is 5.98. The molecule has 1 aromatic carbocycles. The molecule has 2 atom stereocenters. The van der Waals surface area contributed by atoms with Crippen molar-refractivity contribution >= 4 is 5.91 Å². The first-order valence-corrected chi connectivity index (χ1v) is 5.98. The highest BCUT2D eigenvalue weighted by Crippen LogP contribution is 2.16. The minimum absolute atomic E-state index is 0.121. The molecular formula is C14H18N2O2. The van der Waals surface area contributed by atoms with E-state index in [1.807, 2.05) is 37.3 Å². The van der Waals surface area contributed by atoms with Crippen LogP contribution in [0.25, 0.3) is 0 Å². The van der Waals surface area contributed by atoms with Crippen LogP contribution in [0.4, 0.5) is 0 Å². The second-order valence-electron chi connectivity index (χ2n) is 4.00. The van der Waals surface area contributed by atoms with Gasteiger partial charge in [0.2, 0.25) is 0 Å². The van der Waals surface area contributed by atoms with Crippen LogP contribution in [0.3, 0.4) is 0 Å². The van der Waals surface area contributed by atoms with Gasteiger partial charge in [-0.05, 0) is 12.0 Å². The molecule has 0 saturated heterocycles. The van der Waals surface area contributed by atoms with E-state index < -0.39 is 6.10 Å². The molecule has 1 aromatic rings. The van der Waals surface area contributed by atoms with Crippen LogP contribution < -0.4 is 5.32 Å². The van der Waals surface area contributed by atoms with Gasteiger partial charge in [0, 0.05) is 13.2 Å². The van der Waals surface area contributed by atoms with Gasteiger partial charge in [-0.2, -0.15) is 5.26 Å². The van der Waals surface area contributed by atoms with Gasteiger partial charge in [0.1, 0.15) is 0 Å². The van der Waals surface area contributed by atoms with E-state index in [2.05, 4.69) is 11.4 Å². The lowest BCUT2D eigenvalue weighted by molar-refractivity contribution is -0.132. The highest BCUT2D eigenvalue weighted by atomic mass is 16.5. The first kappa shape index (κ1) is 14.2. The van der Waals surface area contributed by atoms with Crippen molar-refractivity contribution in [1.29, 1.82) is 5.26 Å². The van der Waals surface area contributed by atoms with Crippen LogP contribution in [0.5, 0.6) is 0 Å². The number of carbonyl (C=O) groups excluding carboxylic acids is 1. The molecule has 0 aromatic heterocycles. The standard InChI is InChI=1S/C14H18N2O2/c1-3-12(9-10-15)16-14(17)13(18-2)11-7-5-4-6-8-11/h4-8,12-13H,3,9H2,1-2H3,(H,16,17)/t12-,13+/m0/s1. The zero-order valence-electron chi connectivity index (χ0n) is 10.7. The van der Waals surface area contributed by atoms with E-state index in [-0.39, 0.29) is 11.9 Å². The Balaban J connectivity index is 2.72. The Bertz CT molecular complexity index is 412. The van der Waals surface area contributed by atoms with Crippen molar-refractivity contribution in [2.24, 2.45) is 0 Å². The van der Waals surface area contributed by atoms with E-state index in [0.717, 1.165) is 12.0 Å². The average Bonchev–Trinajstić information content (AvgIpc) is 2.40. The number of nitriles is 1. The fourth-order valence-electron chi connectivity index (χ4n) is 1.71. The summed E-state index contributed by atoms with van der Waals surface area (Å²) in [7, 11) is 1.50. The fourth-order valence-corrected chi connectivity index (χ4v) is 1.71. The number of benzene rings is 1. The smallest absolute Gasteiger partial charge is 0.254 e. The molecule has 0 spiro atoms. The maximum atomic E-state index is 12.1. The van der Waals surface area contributed by atoms with Crippen molar-refractivity contribution in [1.82, 2.24) is 5.32 Å². The predicted octanol–water partition coefficient (Wildman–Crippen LogP) is 2.18. The SMILES string of the molecule is CC[C@@H](CC#N)NC(=O)[C@H](OC)c1ccccc1. The number of rotatable bonds is 6. The molecule has 0 unspecified atom stereocenters. The number of nitrogens with zero attached hydrogens (tertiary/aromatic N) is 1. The summed E-state index contributed by atoms with van der Waals surface area (Å²) in [4.78, 5) is 12.1.